The topological polar surface area (TPSA) is 0 Å². The number of nitrogens with zero attached hydrogens (tertiary/aromatic N) is 1. The largest absolute Gasteiger partial charge is 1.00 e. The molecule has 0 aromatic heterocycles. The zero-order valence-electron chi connectivity index (χ0n) is 38.8. The summed E-state index contributed by atoms with van der Waals surface area (Å²) in [4.78, 5) is 0. The second-order valence-electron chi connectivity index (χ2n) is 18.4. The van der Waals surface area contributed by atoms with Crippen LogP contribution in [0.1, 0.15) is 310 Å². The van der Waals surface area contributed by atoms with Gasteiger partial charge in [-0.15, -0.1) is 0 Å². The minimum absolute atomic E-state index is 0. The van der Waals surface area contributed by atoms with E-state index in [4.69, 9.17) is 0 Å². The minimum atomic E-state index is 0. The van der Waals surface area contributed by atoms with E-state index in [1.807, 2.05) is 0 Å². The van der Waals surface area contributed by atoms with E-state index in [1.165, 1.54) is 313 Å². The summed E-state index contributed by atoms with van der Waals surface area (Å²) < 4.78 is 1.49. The van der Waals surface area contributed by atoms with Gasteiger partial charge in [0.15, 0.2) is 0 Å². The molecule has 0 aliphatic rings. The number of hydrogen-bond donors (Lipinski definition) is 0. The molecular weight excluding hydrogens is 718 g/mol. The van der Waals surface area contributed by atoms with Crippen molar-refractivity contribution in [2.24, 2.45) is 0 Å². The third-order valence-corrected chi connectivity index (χ3v) is 12.9. The molecule has 0 atom stereocenters. The van der Waals surface area contributed by atoms with Gasteiger partial charge in [-0.05, 0) is 51.4 Å². The van der Waals surface area contributed by atoms with Crippen molar-refractivity contribution in [2.75, 3.05) is 26.2 Å². The van der Waals surface area contributed by atoms with Gasteiger partial charge in [0.25, 0.3) is 0 Å². The van der Waals surface area contributed by atoms with E-state index >= 15 is 0 Å². The van der Waals surface area contributed by atoms with Crippen LogP contribution in [0.25, 0.3) is 0 Å². The van der Waals surface area contributed by atoms with Crippen LogP contribution in [0.5, 0.6) is 0 Å². The molecule has 0 aliphatic carbocycles. The van der Waals surface area contributed by atoms with Gasteiger partial charge in [-0.2, -0.15) is 0 Å². The molecule has 0 radical (unpaired) electrons. The van der Waals surface area contributed by atoms with Crippen molar-refractivity contribution in [1.29, 1.82) is 0 Å². The van der Waals surface area contributed by atoms with E-state index in [9.17, 15) is 0 Å². The van der Waals surface area contributed by atoms with Crippen molar-refractivity contribution in [3.63, 3.8) is 0 Å². The molecule has 0 aromatic rings. The number of halogens is 1. The molecule has 0 unspecified atom stereocenters. The Hall–Kier alpha value is 0.440. The predicted octanol–water partition coefficient (Wildman–Crippen LogP) is 16.1. The molecule has 54 heavy (non-hydrogen) atoms. The van der Waals surface area contributed by atoms with E-state index in [-0.39, 0.29) is 17.0 Å². The monoisotopic (exact) mass is 826 g/mol. The first-order valence-corrected chi connectivity index (χ1v) is 26.1. The average molecular weight is 827 g/mol. The minimum Gasteiger partial charge on any atom is -1.00 e. The van der Waals surface area contributed by atoms with Crippen LogP contribution >= 0.6 is 0 Å². The Labute approximate surface area is 356 Å². The zero-order valence-corrected chi connectivity index (χ0v) is 40.4. The molecule has 0 N–H and O–H groups in total. The van der Waals surface area contributed by atoms with Crippen molar-refractivity contribution in [2.45, 2.75) is 310 Å². The summed E-state index contributed by atoms with van der Waals surface area (Å²) in [6, 6.07) is 0. The lowest BCUT2D eigenvalue weighted by Gasteiger charge is -2.40. The summed E-state index contributed by atoms with van der Waals surface area (Å²) in [7, 11) is 0. The Morgan fingerprint density at radius 2 is 0.278 bits per heavy atom. The third-order valence-electron chi connectivity index (χ3n) is 12.9. The van der Waals surface area contributed by atoms with Crippen molar-refractivity contribution in [1.82, 2.24) is 0 Å². The molecule has 0 saturated heterocycles. The molecule has 0 aliphatic heterocycles. The number of unbranched alkanes of at least 4 members (excludes halogenated alkanes) is 40. The molecule has 0 fully saturated rings. The summed E-state index contributed by atoms with van der Waals surface area (Å²) in [5, 5.41) is 0. The molecule has 2 heteroatoms. The standard InChI is InChI=1S/C52H108N.BrH/c1-5-9-13-17-21-25-29-33-37-41-45-49-53(50-46-42-38-34-30-26-22-18-14-10-6-2,51-47-43-39-35-31-27-23-19-15-11-7-3)52-48-44-40-36-32-28-24-20-16-12-8-4;/h5-52H2,1-4H3;1H/q+1;/p-1. The lowest BCUT2D eigenvalue weighted by molar-refractivity contribution is -0.929. The fourth-order valence-electron chi connectivity index (χ4n) is 9.12. The lowest BCUT2D eigenvalue weighted by Crippen LogP contribution is -3.00. The molecule has 0 amide bonds. The summed E-state index contributed by atoms with van der Waals surface area (Å²) in [5.41, 5.74) is 0. The fourth-order valence-corrected chi connectivity index (χ4v) is 9.12. The van der Waals surface area contributed by atoms with E-state index < -0.39 is 0 Å². The van der Waals surface area contributed by atoms with Crippen molar-refractivity contribution < 1.29 is 21.5 Å². The second-order valence-corrected chi connectivity index (χ2v) is 18.4. The van der Waals surface area contributed by atoms with Gasteiger partial charge < -0.3 is 21.5 Å². The zero-order chi connectivity index (χ0) is 38.4. The Bertz CT molecular complexity index is 524. The van der Waals surface area contributed by atoms with E-state index in [0.717, 1.165) is 0 Å². The highest BCUT2D eigenvalue weighted by molar-refractivity contribution is 4.57. The smallest absolute Gasteiger partial charge is 0.0786 e. The van der Waals surface area contributed by atoms with Crippen LogP contribution in [-0.2, 0) is 0 Å². The SMILES string of the molecule is CCCCCCCCCCCCC[N+](CCCCCCCCCCCCC)(CCCCCCCCCCCCC)CCCCCCCCCCCCC.[Br-]. The Kier molecular flexibility index (Phi) is 51.9. The molecule has 1 nitrogen and oxygen atoms in total. The van der Waals surface area contributed by atoms with E-state index in [1.54, 1.807) is 0 Å². The maximum Gasteiger partial charge on any atom is 0.0786 e. The molecule has 0 rings (SSSR count). The highest BCUT2D eigenvalue weighted by atomic mass is 79.9. The van der Waals surface area contributed by atoms with Crippen LogP contribution in [0.3, 0.4) is 0 Å². The van der Waals surface area contributed by atoms with Crippen LogP contribution < -0.4 is 17.0 Å². The van der Waals surface area contributed by atoms with Crippen LogP contribution in [0.4, 0.5) is 0 Å². The summed E-state index contributed by atoms with van der Waals surface area (Å²) in [6.07, 6.45) is 64.7. The highest BCUT2D eigenvalue weighted by Gasteiger charge is 2.25. The summed E-state index contributed by atoms with van der Waals surface area (Å²) in [5.74, 6) is 0. The van der Waals surface area contributed by atoms with Crippen LogP contribution in [0.2, 0.25) is 0 Å². The number of quaternary nitrogens is 1. The van der Waals surface area contributed by atoms with Gasteiger partial charge in [-0.1, -0.05) is 259 Å². The summed E-state index contributed by atoms with van der Waals surface area (Å²) in [6.45, 7) is 15.3. The third kappa shape index (κ3) is 43.6. The second kappa shape index (κ2) is 49.6. The Morgan fingerprint density at radius 1 is 0.167 bits per heavy atom. The van der Waals surface area contributed by atoms with Gasteiger partial charge in [0, 0.05) is 0 Å². The van der Waals surface area contributed by atoms with Gasteiger partial charge in [-0.3, -0.25) is 0 Å². The lowest BCUT2D eigenvalue weighted by atomic mass is 10.0. The van der Waals surface area contributed by atoms with Crippen LogP contribution in [0, 0.1) is 0 Å². The average Bonchev–Trinajstić information content (AvgIpc) is 3.17. The predicted molar refractivity (Wildman–Crippen MR) is 246 cm³/mol. The molecule has 0 bridgehead atoms. The van der Waals surface area contributed by atoms with Gasteiger partial charge in [-0.25, -0.2) is 0 Å². The molecule has 328 valence electrons. The molecule has 0 aromatic carbocycles. The molecule has 0 spiro atoms. The number of rotatable bonds is 48. The van der Waals surface area contributed by atoms with Gasteiger partial charge in [0.2, 0.25) is 0 Å². The van der Waals surface area contributed by atoms with Gasteiger partial charge in [0.05, 0.1) is 26.2 Å². The van der Waals surface area contributed by atoms with Crippen molar-refractivity contribution in [3.05, 3.63) is 0 Å². The quantitative estimate of drug-likeness (QED) is 0.0423. The van der Waals surface area contributed by atoms with Crippen LogP contribution in [0.15, 0.2) is 0 Å². The molecule has 0 saturated carbocycles. The number of hydrogen-bond acceptors (Lipinski definition) is 0. The normalized spacial score (nSPS) is 11.8. The van der Waals surface area contributed by atoms with Crippen LogP contribution in [-0.4, -0.2) is 30.7 Å². The summed E-state index contributed by atoms with van der Waals surface area (Å²) >= 11 is 0. The molecule has 0 heterocycles. The van der Waals surface area contributed by atoms with Gasteiger partial charge >= 0.3 is 0 Å². The van der Waals surface area contributed by atoms with Crippen molar-refractivity contribution in [3.8, 4) is 0 Å². The first-order chi connectivity index (χ1) is 26.2. The maximum atomic E-state index is 2.33. The molecular formula is C52H108BrN. The highest BCUT2D eigenvalue weighted by Crippen LogP contribution is 2.22. The first kappa shape index (κ1) is 56.5. The van der Waals surface area contributed by atoms with Gasteiger partial charge in [0.1, 0.15) is 0 Å². The Balaban J connectivity index is 0. The van der Waals surface area contributed by atoms with E-state index in [0.29, 0.717) is 0 Å². The van der Waals surface area contributed by atoms with E-state index in [2.05, 4.69) is 27.7 Å². The first-order valence-electron chi connectivity index (χ1n) is 26.1. The Morgan fingerprint density at radius 3 is 0.407 bits per heavy atom. The maximum absolute atomic E-state index is 2.33. The fraction of sp³-hybridized carbons (Fsp3) is 1.00. The van der Waals surface area contributed by atoms with Crippen molar-refractivity contribution >= 4 is 0 Å².